The van der Waals surface area contributed by atoms with Crippen molar-refractivity contribution in [3.05, 3.63) is 12.3 Å². The summed E-state index contributed by atoms with van der Waals surface area (Å²) < 4.78 is 0. The Morgan fingerprint density at radius 3 is 2.70 bits per heavy atom. The first-order valence-electron chi connectivity index (χ1n) is 8.05. The van der Waals surface area contributed by atoms with Crippen LogP contribution in [0.4, 0.5) is 0 Å². The monoisotopic (exact) mass is 275 g/mol. The molecule has 4 nitrogen and oxygen atoms in total. The zero-order valence-corrected chi connectivity index (χ0v) is 12.6. The first-order valence-corrected chi connectivity index (χ1v) is 8.05. The minimum absolute atomic E-state index is 0.0296. The Balaban J connectivity index is 1.86. The number of rotatable bonds is 3. The van der Waals surface area contributed by atoms with Gasteiger partial charge in [0.2, 0.25) is 0 Å². The van der Waals surface area contributed by atoms with Gasteiger partial charge in [-0.05, 0) is 32.6 Å². The lowest BCUT2D eigenvalue weighted by Gasteiger charge is -2.38. The summed E-state index contributed by atoms with van der Waals surface area (Å²) in [7, 11) is 0. The van der Waals surface area contributed by atoms with Gasteiger partial charge in [0, 0.05) is 30.4 Å². The first kappa shape index (κ1) is 13.7. The van der Waals surface area contributed by atoms with Crippen molar-refractivity contribution >= 4 is 11.6 Å². The lowest BCUT2D eigenvalue weighted by Crippen LogP contribution is -2.53. The summed E-state index contributed by atoms with van der Waals surface area (Å²) in [6.07, 6.45) is 10.9. The van der Waals surface area contributed by atoms with Gasteiger partial charge in [0.05, 0.1) is 0 Å². The number of allylic oxidation sites excluding steroid dienone is 1. The molecular weight excluding hydrogens is 250 g/mol. The summed E-state index contributed by atoms with van der Waals surface area (Å²) in [5, 5.41) is 7.03. The van der Waals surface area contributed by atoms with E-state index in [-0.39, 0.29) is 11.9 Å². The largest absolute Gasteiger partial charge is 0.318 e. The molecule has 2 aliphatic heterocycles. The Bertz CT molecular complexity index is 437. The second-order valence-corrected chi connectivity index (χ2v) is 6.12. The summed E-state index contributed by atoms with van der Waals surface area (Å²) in [6, 6.07) is 0.457. The normalized spacial score (nSPS) is 31.3. The lowest BCUT2D eigenvalue weighted by atomic mass is 9.86. The second-order valence-electron chi connectivity index (χ2n) is 6.12. The summed E-state index contributed by atoms with van der Waals surface area (Å²) in [4.78, 5) is 14.7. The van der Waals surface area contributed by atoms with Crippen LogP contribution >= 0.6 is 0 Å². The highest BCUT2D eigenvalue weighted by atomic mass is 16.2. The van der Waals surface area contributed by atoms with Crippen LogP contribution in [0.1, 0.15) is 52.4 Å². The number of carbonyl (C=O) groups is 1. The van der Waals surface area contributed by atoms with Gasteiger partial charge in [-0.1, -0.05) is 25.8 Å². The molecular formula is C16H25N3O. The topological polar surface area (TPSA) is 35.9 Å². The van der Waals surface area contributed by atoms with Crippen LogP contribution in [-0.4, -0.2) is 40.2 Å². The van der Waals surface area contributed by atoms with Crippen LogP contribution in [-0.2, 0) is 4.79 Å². The predicted molar refractivity (Wildman–Crippen MR) is 80.2 cm³/mol. The van der Waals surface area contributed by atoms with Gasteiger partial charge < -0.3 is 4.90 Å². The summed E-state index contributed by atoms with van der Waals surface area (Å²) in [5.41, 5.74) is 1.25. The van der Waals surface area contributed by atoms with Gasteiger partial charge >= 0.3 is 0 Å². The third-order valence-electron chi connectivity index (χ3n) is 4.95. The molecule has 1 saturated carbocycles. The molecule has 1 amide bonds. The maximum atomic E-state index is 12.8. The Morgan fingerprint density at radius 1 is 1.30 bits per heavy atom. The van der Waals surface area contributed by atoms with E-state index in [1.807, 2.05) is 24.1 Å². The van der Waals surface area contributed by atoms with Gasteiger partial charge in [0.25, 0.3) is 5.91 Å². The van der Waals surface area contributed by atoms with Gasteiger partial charge in [-0.15, -0.1) is 0 Å². The van der Waals surface area contributed by atoms with Gasteiger partial charge in [0.1, 0.15) is 6.04 Å². The Hall–Kier alpha value is -1.32. The van der Waals surface area contributed by atoms with Crippen molar-refractivity contribution in [2.75, 3.05) is 6.54 Å². The number of piperidine rings is 1. The van der Waals surface area contributed by atoms with Gasteiger partial charge in [-0.3, -0.25) is 9.80 Å². The molecule has 0 radical (unpaired) electrons. The quantitative estimate of drug-likeness (QED) is 0.794. The van der Waals surface area contributed by atoms with Crippen LogP contribution in [0.25, 0.3) is 0 Å². The number of nitrogens with zero attached hydrogens (tertiary/aromatic N) is 3. The van der Waals surface area contributed by atoms with Crippen molar-refractivity contribution in [2.45, 2.75) is 64.5 Å². The highest BCUT2D eigenvalue weighted by molar-refractivity contribution is 5.97. The van der Waals surface area contributed by atoms with Crippen LogP contribution < -0.4 is 0 Å². The molecule has 0 aromatic rings. The minimum atomic E-state index is -0.0296. The van der Waals surface area contributed by atoms with Crippen molar-refractivity contribution < 1.29 is 4.79 Å². The standard InChI is InChI=1S/C16H25N3O/c1-3-10-18-11-9-13-14(4-2)17-19(15(13)16(18)20)12-7-5-6-8-12/h3,10,12-13,15H,4-9,11H2,1-2H3/b10-3+. The van der Waals surface area contributed by atoms with Crippen LogP contribution in [0.15, 0.2) is 17.4 Å². The number of amides is 1. The highest BCUT2D eigenvalue weighted by Gasteiger charge is 2.47. The van der Waals surface area contributed by atoms with E-state index < -0.39 is 0 Å². The van der Waals surface area contributed by atoms with Crippen molar-refractivity contribution in [2.24, 2.45) is 11.0 Å². The van der Waals surface area contributed by atoms with Gasteiger partial charge in [-0.2, -0.15) is 5.10 Å². The Labute approximate surface area is 121 Å². The van der Waals surface area contributed by atoms with Crippen molar-refractivity contribution in [1.29, 1.82) is 0 Å². The van der Waals surface area contributed by atoms with Gasteiger partial charge in [0.15, 0.2) is 0 Å². The van der Waals surface area contributed by atoms with E-state index in [2.05, 4.69) is 11.9 Å². The molecule has 3 rings (SSSR count). The molecule has 0 bridgehead atoms. The van der Waals surface area contributed by atoms with E-state index in [4.69, 9.17) is 5.10 Å². The molecule has 2 unspecified atom stereocenters. The molecule has 2 heterocycles. The second kappa shape index (κ2) is 5.58. The highest BCUT2D eigenvalue weighted by Crippen LogP contribution is 2.37. The molecule has 1 aliphatic carbocycles. The van der Waals surface area contributed by atoms with E-state index in [0.717, 1.165) is 19.4 Å². The minimum Gasteiger partial charge on any atom is -0.318 e. The summed E-state index contributed by atoms with van der Waals surface area (Å²) in [6.45, 7) is 4.97. The van der Waals surface area contributed by atoms with E-state index >= 15 is 0 Å². The predicted octanol–water partition coefficient (Wildman–Crippen LogP) is 2.76. The molecule has 1 saturated heterocycles. The maximum Gasteiger partial charge on any atom is 0.251 e. The number of fused-ring (bicyclic) bond motifs is 1. The van der Waals surface area contributed by atoms with E-state index in [9.17, 15) is 4.79 Å². The maximum absolute atomic E-state index is 12.8. The van der Waals surface area contributed by atoms with Crippen molar-refractivity contribution in [3.8, 4) is 0 Å². The third-order valence-corrected chi connectivity index (χ3v) is 4.95. The van der Waals surface area contributed by atoms with Crippen LogP contribution in [0.5, 0.6) is 0 Å². The van der Waals surface area contributed by atoms with Crippen LogP contribution in [0.3, 0.4) is 0 Å². The number of likely N-dealkylation sites (tertiary alicyclic amines) is 1. The Kier molecular flexibility index (Phi) is 3.81. The third kappa shape index (κ3) is 2.15. The lowest BCUT2D eigenvalue weighted by molar-refractivity contribution is -0.138. The zero-order chi connectivity index (χ0) is 14.1. The summed E-state index contributed by atoms with van der Waals surface area (Å²) >= 11 is 0. The molecule has 0 aromatic heterocycles. The van der Waals surface area contributed by atoms with E-state index in [1.54, 1.807) is 0 Å². The fraction of sp³-hybridized carbons (Fsp3) is 0.750. The molecule has 3 aliphatic rings. The molecule has 20 heavy (non-hydrogen) atoms. The molecule has 0 spiro atoms. The fourth-order valence-corrected chi connectivity index (χ4v) is 3.96. The van der Waals surface area contributed by atoms with Crippen molar-refractivity contribution in [1.82, 2.24) is 9.91 Å². The molecule has 0 N–H and O–H groups in total. The smallest absolute Gasteiger partial charge is 0.251 e. The average Bonchev–Trinajstić information content (AvgIpc) is 3.08. The molecule has 0 aromatic carbocycles. The van der Waals surface area contributed by atoms with Crippen molar-refractivity contribution in [3.63, 3.8) is 0 Å². The van der Waals surface area contributed by atoms with Gasteiger partial charge in [-0.25, -0.2) is 0 Å². The SMILES string of the molecule is C/C=C/N1CCC2C(CC)=NN(C3CCCC3)C2C1=O. The molecule has 4 heteroatoms. The van der Waals surface area contributed by atoms with Crippen LogP contribution in [0, 0.1) is 5.92 Å². The number of hydrogen-bond acceptors (Lipinski definition) is 3. The zero-order valence-electron chi connectivity index (χ0n) is 12.6. The molecule has 110 valence electrons. The van der Waals surface area contributed by atoms with E-state index in [1.165, 1.54) is 31.4 Å². The first-order chi connectivity index (χ1) is 9.76. The number of carbonyl (C=O) groups excluding carboxylic acids is 1. The Morgan fingerprint density at radius 2 is 2.05 bits per heavy atom. The van der Waals surface area contributed by atoms with Crippen LogP contribution in [0.2, 0.25) is 0 Å². The summed E-state index contributed by atoms with van der Waals surface area (Å²) in [5.74, 6) is 0.605. The number of hydrazone groups is 1. The fourth-order valence-electron chi connectivity index (χ4n) is 3.96. The number of hydrogen-bond donors (Lipinski definition) is 0. The molecule has 2 atom stereocenters. The molecule has 2 fully saturated rings. The van der Waals surface area contributed by atoms with E-state index in [0.29, 0.717) is 12.0 Å². The average molecular weight is 275 g/mol.